The Hall–Kier alpha value is -3.65. The molecule has 0 spiro atoms. The molecule has 0 aliphatic rings. The number of benzene rings is 3. The van der Waals surface area contributed by atoms with Gasteiger partial charge in [-0.25, -0.2) is 4.79 Å². The van der Waals surface area contributed by atoms with Crippen LogP contribution in [0.3, 0.4) is 0 Å². The Bertz CT molecular complexity index is 1390. The van der Waals surface area contributed by atoms with Crippen LogP contribution in [0, 0.1) is 0 Å². The van der Waals surface area contributed by atoms with Crippen molar-refractivity contribution in [1.29, 1.82) is 0 Å². The van der Waals surface area contributed by atoms with E-state index in [2.05, 4.69) is 21.2 Å². The molecule has 4 aromatic rings. The molecule has 0 radical (unpaired) electrons. The molecule has 162 valence electrons. The van der Waals surface area contributed by atoms with Crippen molar-refractivity contribution < 1.29 is 9.53 Å². The molecule has 0 saturated heterocycles. The summed E-state index contributed by atoms with van der Waals surface area (Å²) < 4.78 is 9.19. The van der Waals surface area contributed by atoms with E-state index >= 15 is 0 Å². The summed E-state index contributed by atoms with van der Waals surface area (Å²) in [5.41, 5.74) is 0.135. The first-order chi connectivity index (χ1) is 15.5. The lowest BCUT2D eigenvalue weighted by Gasteiger charge is -2.13. The average molecular weight is 494 g/mol. The molecule has 8 heteroatoms. The minimum Gasteiger partial charge on any atom is -0.457 e. The van der Waals surface area contributed by atoms with Gasteiger partial charge in [0.25, 0.3) is 5.56 Å². The van der Waals surface area contributed by atoms with E-state index in [1.54, 1.807) is 55.5 Å². The summed E-state index contributed by atoms with van der Waals surface area (Å²) in [5.74, 6) is 0.949. The van der Waals surface area contributed by atoms with Crippen molar-refractivity contribution in [3.05, 3.63) is 98.1 Å². The van der Waals surface area contributed by atoms with Gasteiger partial charge in [-0.3, -0.25) is 18.7 Å². The van der Waals surface area contributed by atoms with Gasteiger partial charge in [-0.05, 0) is 67.6 Å². The lowest BCUT2D eigenvalue weighted by Crippen LogP contribution is -2.41. The molecule has 0 bridgehead atoms. The number of carbonyl (C=O) groups excluding carboxylic acids is 1. The highest BCUT2D eigenvalue weighted by Gasteiger charge is 2.14. The van der Waals surface area contributed by atoms with Crippen molar-refractivity contribution >= 4 is 38.4 Å². The van der Waals surface area contributed by atoms with Crippen molar-refractivity contribution in [3.8, 4) is 11.5 Å². The molecule has 1 aromatic heterocycles. The van der Waals surface area contributed by atoms with Crippen molar-refractivity contribution in [3.63, 3.8) is 0 Å². The number of ether oxygens (including phenoxy) is 1. The van der Waals surface area contributed by atoms with Crippen LogP contribution in [-0.4, -0.2) is 15.0 Å². The molecular formula is C24H20BrN3O4. The number of amides is 1. The Morgan fingerprint density at radius 1 is 0.906 bits per heavy atom. The van der Waals surface area contributed by atoms with Crippen molar-refractivity contribution in [1.82, 2.24) is 9.13 Å². The highest BCUT2D eigenvalue weighted by Crippen LogP contribution is 2.24. The Labute approximate surface area is 192 Å². The fourth-order valence-corrected chi connectivity index (χ4v) is 3.66. The predicted molar refractivity (Wildman–Crippen MR) is 127 cm³/mol. The molecule has 0 aliphatic carbocycles. The number of nitrogens with zero attached hydrogens (tertiary/aromatic N) is 2. The maximum atomic E-state index is 12.8. The van der Waals surface area contributed by atoms with E-state index in [1.807, 2.05) is 24.3 Å². The van der Waals surface area contributed by atoms with Gasteiger partial charge in [-0.2, -0.15) is 0 Å². The molecule has 0 atom stereocenters. The fraction of sp³-hybridized carbons (Fsp3) is 0.125. The summed E-state index contributed by atoms with van der Waals surface area (Å²) in [6.07, 6.45) is 0. The van der Waals surface area contributed by atoms with Crippen molar-refractivity contribution in [2.45, 2.75) is 20.0 Å². The molecule has 1 N–H and O–H groups in total. The number of hydrogen-bond donors (Lipinski definition) is 1. The number of anilines is 1. The summed E-state index contributed by atoms with van der Waals surface area (Å²) in [7, 11) is 0. The predicted octanol–water partition coefficient (Wildman–Crippen LogP) is 4.38. The van der Waals surface area contributed by atoms with Crippen LogP contribution in [0.1, 0.15) is 6.92 Å². The van der Waals surface area contributed by atoms with Crippen LogP contribution in [0.15, 0.2) is 86.9 Å². The quantitative estimate of drug-likeness (QED) is 0.432. The first-order valence-corrected chi connectivity index (χ1v) is 10.8. The van der Waals surface area contributed by atoms with E-state index in [-0.39, 0.29) is 24.6 Å². The van der Waals surface area contributed by atoms with Crippen molar-refractivity contribution in [2.75, 3.05) is 5.32 Å². The summed E-state index contributed by atoms with van der Waals surface area (Å²) in [6, 6.07) is 21.2. The van der Waals surface area contributed by atoms with E-state index in [4.69, 9.17) is 4.74 Å². The van der Waals surface area contributed by atoms with Crippen LogP contribution in [0.4, 0.5) is 5.69 Å². The highest BCUT2D eigenvalue weighted by molar-refractivity contribution is 9.10. The molecule has 3 aromatic carbocycles. The molecule has 1 amide bonds. The minimum absolute atomic E-state index is 0.212. The van der Waals surface area contributed by atoms with E-state index in [0.29, 0.717) is 28.1 Å². The van der Waals surface area contributed by atoms with Gasteiger partial charge in [0, 0.05) is 16.7 Å². The molecule has 0 aliphatic heterocycles. The van der Waals surface area contributed by atoms with Crippen LogP contribution >= 0.6 is 15.9 Å². The maximum absolute atomic E-state index is 12.8. The number of halogens is 1. The SMILES string of the molecule is CCn1c(=O)c2ccccc2n(CC(=O)Nc2ccc(Oc3ccc(Br)cc3)cc2)c1=O. The van der Waals surface area contributed by atoms with E-state index < -0.39 is 5.69 Å². The Morgan fingerprint density at radius 2 is 1.53 bits per heavy atom. The molecule has 4 rings (SSSR count). The smallest absolute Gasteiger partial charge is 0.331 e. The third kappa shape index (κ3) is 4.50. The first-order valence-electron chi connectivity index (χ1n) is 10.0. The summed E-state index contributed by atoms with van der Waals surface area (Å²) >= 11 is 3.38. The standard InChI is InChI=1S/C24H20BrN3O4/c1-2-27-23(30)20-5-3-4-6-21(20)28(24(27)31)15-22(29)26-17-9-13-19(14-10-17)32-18-11-7-16(25)8-12-18/h3-14H,2,15H2,1H3,(H,26,29). The molecule has 0 fully saturated rings. The van der Waals surface area contributed by atoms with Gasteiger partial charge in [-0.1, -0.05) is 28.1 Å². The van der Waals surface area contributed by atoms with Crippen molar-refractivity contribution in [2.24, 2.45) is 0 Å². The minimum atomic E-state index is -0.510. The third-order valence-corrected chi connectivity index (χ3v) is 5.47. The van der Waals surface area contributed by atoms with Crippen LogP contribution < -0.4 is 21.3 Å². The number of fused-ring (bicyclic) bond motifs is 1. The van der Waals surface area contributed by atoms with Crippen LogP contribution in [0.2, 0.25) is 0 Å². The second kappa shape index (κ2) is 9.23. The second-order valence-corrected chi connectivity index (χ2v) is 7.98. The third-order valence-electron chi connectivity index (χ3n) is 4.94. The van der Waals surface area contributed by atoms with E-state index in [9.17, 15) is 14.4 Å². The summed E-state index contributed by atoms with van der Waals surface area (Å²) in [5, 5.41) is 3.18. The number of hydrogen-bond acceptors (Lipinski definition) is 4. The fourth-order valence-electron chi connectivity index (χ4n) is 3.39. The van der Waals surface area contributed by atoms with Gasteiger partial charge in [0.15, 0.2) is 0 Å². The Morgan fingerprint density at radius 3 is 2.19 bits per heavy atom. The van der Waals surface area contributed by atoms with Gasteiger partial charge >= 0.3 is 5.69 Å². The zero-order valence-corrected chi connectivity index (χ0v) is 18.8. The van der Waals surface area contributed by atoms with Gasteiger partial charge in [0.05, 0.1) is 10.9 Å². The zero-order valence-electron chi connectivity index (χ0n) is 17.2. The summed E-state index contributed by atoms with van der Waals surface area (Å²) in [6.45, 7) is 1.74. The molecular weight excluding hydrogens is 474 g/mol. The lowest BCUT2D eigenvalue weighted by atomic mass is 10.2. The lowest BCUT2D eigenvalue weighted by molar-refractivity contribution is -0.116. The number of carbonyl (C=O) groups is 1. The zero-order chi connectivity index (χ0) is 22.7. The van der Waals surface area contributed by atoms with Crippen LogP contribution in [0.25, 0.3) is 10.9 Å². The van der Waals surface area contributed by atoms with Crippen LogP contribution in [0.5, 0.6) is 11.5 Å². The average Bonchev–Trinajstić information content (AvgIpc) is 2.80. The monoisotopic (exact) mass is 493 g/mol. The molecule has 0 unspecified atom stereocenters. The highest BCUT2D eigenvalue weighted by atomic mass is 79.9. The van der Waals surface area contributed by atoms with Gasteiger partial charge in [-0.15, -0.1) is 0 Å². The number of rotatable bonds is 6. The Balaban J connectivity index is 1.52. The van der Waals surface area contributed by atoms with E-state index in [1.165, 1.54) is 4.57 Å². The first kappa shape index (κ1) is 21.6. The second-order valence-electron chi connectivity index (χ2n) is 7.06. The number of para-hydroxylation sites is 1. The molecule has 7 nitrogen and oxygen atoms in total. The molecule has 1 heterocycles. The van der Waals surface area contributed by atoms with E-state index in [0.717, 1.165) is 9.04 Å². The van der Waals surface area contributed by atoms with Gasteiger partial charge < -0.3 is 10.1 Å². The Kier molecular flexibility index (Phi) is 6.23. The summed E-state index contributed by atoms with van der Waals surface area (Å²) in [4.78, 5) is 38.0. The van der Waals surface area contributed by atoms with Gasteiger partial charge in [0.2, 0.25) is 5.91 Å². The number of nitrogens with one attached hydrogen (secondary N) is 1. The topological polar surface area (TPSA) is 82.3 Å². The van der Waals surface area contributed by atoms with Gasteiger partial charge in [0.1, 0.15) is 18.0 Å². The number of aromatic nitrogens is 2. The largest absolute Gasteiger partial charge is 0.457 e. The van der Waals surface area contributed by atoms with Crippen LogP contribution in [-0.2, 0) is 17.9 Å². The molecule has 0 saturated carbocycles. The normalized spacial score (nSPS) is 10.8. The maximum Gasteiger partial charge on any atom is 0.331 e. The molecule has 32 heavy (non-hydrogen) atoms.